The van der Waals surface area contributed by atoms with Crippen LogP contribution in [0.1, 0.15) is 52.2 Å². The van der Waals surface area contributed by atoms with Gasteiger partial charge in [0.1, 0.15) is 0 Å². The Morgan fingerprint density at radius 2 is 1.71 bits per heavy atom. The van der Waals surface area contributed by atoms with Crippen LogP contribution in [0.15, 0.2) is 24.3 Å². The van der Waals surface area contributed by atoms with E-state index in [0.29, 0.717) is 0 Å². The Balaban J connectivity index is 2.54. The lowest BCUT2D eigenvalue weighted by Gasteiger charge is -2.22. The summed E-state index contributed by atoms with van der Waals surface area (Å²) >= 11 is 0. The van der Waals surface area contributed by atoms with Crippen molar-refractivity contribution in [3.8, 4) is 0 Å². The lowest BCUT2D eigenvalue weighted by atomic mass is 10.0. The molecular formula is C19H34N2. The van der Waals surface area contributed by atoms with Gasteiger partial charge in [-0.1, -0.05) is 38.1 Å². The lowest BCUT2D eigenvalue weighted by molar-refractivity contribution is 0.302. The van der Waals surface area contributed by atoms with Gasteiger partial charge >= 0.3 is 0 Å². The van der Waals surface area contributed by atoms with Crippen LogP contribution in [0.3, 0.4) is 0 Å². The van der Waals surface area contributed by atoms with Crippen molar-refractivity contribution >= 4 is 0 Å². The average Bonchev–Trinajstić information content (AvgIpc) is 2.37. The first-order valence-corrected chi connectivity index (χ1v) is 8.28. The van der Waals surface area contributed by atoms with Gasteiger partial charge in [0.2, 0.25) is 0 Å². The number of rotatable bonds is 8. The summed E-state index contributed by atoms with van der Waals surface area (Å²) in [5, 5.41) is 3.58. The quantitative estimate of drug-likeness (QED) is 0.775. The van der Waals surface area contributed by atoms with E-state index in [2.05, 4.69) is 76.1 Å². The van der Waals surface area contributed by atoms with Gasteiger partial charge in [-0.2, -0.15) is 0 Å². The minimum atomic E-state index is 0.197. The van der Waals surface area contributed by atoms with Crippen molar-refractivity contribution in [2.24, 2.45) is 5.92 Å². The summed E-state index contributed by atoms with van der Waals surface area (Å²) in [5.41, 5.74) is 3.15. The van der Waals surface area contributed by atoms with E-state index in [-0.39, 0.29) is 5.54 Å². The van der Waals surface area contributed by atoms with Gasteiger partial charge in [-0.15, -0.1) is 0 Å². The molecule has 120 valence electrons. The molecule has 0 aromatic heterocycles. The van der Waals surface area contributed by atoms with Crippen LogP contribution in [0.5, 0.6) is 0 Å². The topological polar surface area (TPSA) is 15.3 Å². The summed E-state index contributed by atoms with van der Waals surface area (Å²) in [6, 6.07) is 8.87. The molecular weight excluding hydrogens is 256 g/mol. The van der Waals surface area contributed by atoms with Gasteiger partial charge in [0.25, 0.3) is 0 Å². The predicted molar refractivity (Wildman–Crippen MR) is 93.7 cm³/mol. The molecule has 0 saturated heterocycles. The number of benzene rings is 1. The average molecular weight is 290 g/mol. The molecule has 0 unspecified atom stereocenters. The third-order valence-electron chi connectivity index (χ3n) is 3.70. The van der Waals surface area contributed by atoms with Gasteiger partial charge in [-0.3, -0.25) is 0 Å². The lowest BCUT2D eigenvalue weighted by Crippen LogP contribution is -2.37. The summed E-state index contributed by atoms with van der Waals surface area (Å²) in [6.07, 6.45) is 2.37. The van der Waals surface area contributed by atoms with Crippen molar-refractivity contribution in [1.29, 1.82) is 0 Å². The third kappa shape index (κ3) is 8.23. The Morgan fingerprint density at radius 3 is 2.29 bits per heavy atom. The minimum Gasteiger partial charge on any atom is -0.312 e. The van der Waals surface area contributed by atoms with Crippen molar-refractivity contribution in [2.75, 3.05) is 20.1 Å². The number of nitrogens with zero attached hydrogens (tertiary/aromatic N) is 1. The molecule has 1 aromatic carbocycles. The molecule has 1 N–H and O–H groups in total. The molecule has 0 aliphatic heterocycles. The maximum absolute atomic E-state index is 3.58. The molecule has 21 heavy (non-hydrogen) atoms. The number of hydrogen-bond donors (Lipinski definition) is 1. The van der Waals surface area contributed by atoms with Crippen LogP contribution in [0.25, 0.3) is 0 Å². The summed E-state index contributed by atoms with van der Waals surface area (Å²) < 4.78 is 0. The second-order valence-corrected chi connectivity index (χ2v) is 7.62. The summed E-state index contributed by atoms with van der Waals surface area (Å²) in [6.45, 7) is 14.5. The standard InChI is InChI=1S/C19H34N2/c1-16(2)12-14-21(6)15-18-10-8-7-9-17(18)11-13-20-19(3,4)5/h7-10,16,20H,11-15H2,1-6H3. The van der Waals surface area contributed by atoms with Crippen molar-refractivity contribution in [3.63, 3.8) is 0 Å². The van der Waals surface area contributed by atoms with Gasteiger partial charge in [-0.05, 0) is 70.8 Å². The van der Waals surface area contributed by atoms with Crippen LogP contribution in [0.2, 0.25) is 0 Å². The Hall–Kier alpha value is -0.860. The highest BCUT2D eigenvalue weighted by molar-refractivity contribution is 5.27. The first-order chi connectivity index (χ1) is 9.78. The monoisotopic (exact) mass is 290 g/mol. The summed E-state index contributed by atoms with van der Waals surface area (Å²) in [5.74, 6) is 0.777. The SMILES string of the molecule is CC(C)CCN(C)Cc1ccccc1CCNC(C)(C)C. The maximum atomic E-state index is 3.58. The molecule has 1 aromatic rings. The molecule has 0 spiro atoms. The fourth-order valence-electron chi connectivity index (χ4n) is 2.38. The second kappa shape index (κ2) is 8.55. The molecule has 0 amide bonds. The summed E-state index contributed by atoms with van der Waals surface area (Å²) in [7, 11) is 2.23. The Kier molecular flexibility index (Phi) is 7.41. The highest BCUT2D eigenvalue weighted by Gasteiger charge is 2.10. The van der Waals surface area contributed by atoms with Gasteiger partial charge in [-0.25, -0.2) is 0 Å². The van der Waals surface area contributed by atoms with E-state index in [1.807, 2.05) is 0 Å². The van der Waals surface area contributed by atoms with Crippen LogP contribution in [0, 0.1) is 5.92 Å². The predicted octanol–water partition coefficient (Wildman–Crippen LogP) is 4.10. The van der Waals surface area contributed by atoms with Crippen LogP contribution < -0.4 is 5.32 Å². The number of hydrogen-bond acceptors (Lipinski definition) is 2. The van der Waals surface area contributed by atoms with Crippen LogP contribution >= 0.6 is 0 Å². The van der Waals surface area contributed by atoms with E-state index >= 15 is 0 Å². The Labute approximate surface area is 131 Å². The molecule has 2 nitrogen and oxygen atoms in total. The van der Waals surface area contributed by atoms with Gasteiger partial charge < -0.3 is 10.2 Å². The summed E-state index contributed by atoms with van der Waals surface area (Å²) in [4.78, 5) is 2.44. The van der Waals surface area contributed by atoms with Crippen molar-refractivity contribution < 1.29 is 0 Å². The van der Waals surface area contributed by atoms with E-state index in [9.17, 15) is 0 Å². The normalized spacial score (nSPS) is 12.4. The smallest absolute Gasteiger partial charge is 0.0233 e. The van der Waals surface area contributed by atoms with E-state index in [0.717, 1.165) is 25.4 Å². The van der Waals surface area contributed by atoms with E-state index in [1.54, 1.807) is 0 Å². The van der Waals surface area contributed by atoms with Crippen molar-refractivity contribution in [2.45, 2.75) is 59.5 Å². The van der Waals surface area contributed by atoms with Crippen LogP contribution in [0.4, 0.5) is 0 Å². The zero-order chi connectivity index (χ0) is 15.9. The maximum Gasteiger partial charge on any atom is 0.0233 e. The zero-order valence-corrected chi connectivity index (χ0v) is 14.9. The molecule has 2 heteroatoms. The molecule has 0 atom stereocenters. The highest BCUT2D eigenvalue weighted by atomic mass is 15.1. The van der Waals surface area contributed by atoms with Crippen LogP contribution in [-0.4, -0.2) is 30.6 Å². The fourth-order valence-corrected chi connectivity index (χ4v) is 2.38. The molecule has 0 bridgehead atoms. The second-order valence-electron chi connectivity index (χ2n) is 7.62. The van der Waals surface area contributed by atoms with Gasteiger partial charge in [0.05, 0.1) is 0 Å². The molecule has 0 heterocycles. The Morgan fingerprint density at radius 1 is 1.10 bits per heavy atom. The molecule has 0 fully saturated rings. The first-order valence-electron chi connectivity index (χ1n) is 8.28. The van der Waals surface area contributed by atoms with Crippen molar-refractivity contribution in [3.05, 3.63) is 35.4 Å². The molecule has 0 radical (unpaired) electrons. The molecule has 0 aliphatic rings. The highest BCUT2D eigenvalue weighted by Crippen LogP contribution is 2.13. The number of nitrogens with one attached hydrogen (secondary N) is 1. The molecule has 1 rings (SSSR count). The van der Waals surface area contributed by atoms with E-state index < -0.39 is 0 Å². The largest absolute Gasteiger partial charge is 0.312 e. The van der Waals surface area contributed by atoms with Crippen molar-refractivity contribution in [1.82, 2.24) is 10.2 Å². The minimum absolute atomic E-state index is 0.197. The molecule has 0 aliphatic carbocycles. The van der Waals surface area contributed by atoms with Gasteiger partial charge in [0, 0.05) is 12.1 Å². The fraction of sp³-hybridized carbons (Fsp3) is 0.684. The molecule has 0 saturated carbocycles. The van der Waals surface area contributed by atoms with Gasteiger partial charge in [0.15, 0.2) is 0 Å². The van der Waals surface area contributed by atoms with E-state index in [1.165, 1.54) is 24.1 Å². The third-order valence-corrected chi connectivity index (χ3v) is 3.70. The first kappa shape index (κ1) is 18.2. The Bertz CT molecular complexity index is 404. The zero-order valence-electron chi connectivity index (χ0n) is 14.9. The van der Waals surface area contributed by atoms with Crippen LogP contribution in [-0.2, 0) is 13.0 Å². The van der Waals surface area contributed by atoms with E-state index in [4.69, 9.17) is 0 Å².